The Kier molecular flexibility index (Phi) is 5.46. The van der Waals surface area contributed by atoms with Crippen LogP contribution < -0.4 is 15.0 Å². The normalized spacial score (nSPS) is 15.4. The third-order valence-electron chi connectivity index (χ3n) is 4.30. The second kappa shape index (κ2) is 7.80. The summed E-state index contributed by atoms with van der Waals surface area (Å²) >= 11 is 6.30. The molecule has 1 N–H and O–H groups in total. The summed E-state index contributed by atoms with van der Waals surface area (Å²) in [6.45, 7) is 3.39. The van der Waals surface area contributed by atoms with Crippen LogP contribution in [0.5, 0.6) is 5.75 Å². The van der Waals surface area contributed by atoms with Crippen molar-refractivity contribution in [1.29, 1.82) is 0 Å². The molecule has 140 valence electrons. The SMILES string of the molecule is CC(=O)NC1C(=O)N(CCOc2ccc(C(C)=O)cc2)c2c(Cl)cccc21. The molecule has 6 nitrogen and oxygen atoms in total. The number of para-hydroxylation sites is 1. The van der Waals surface area contributed by atoms with E-state index in [4.69, 9.17) is 16.3 Å². The summed E-state index contributed by atoms with van der Waals surface area (Å²) < 4.78 is 5.69. The van der Waals surface area contributed by atoms with Crippen LogP contribution in [0.15, 0.2) is 42.5 Å². The van der Waals surface area contributed by atoms with Crippen LogP contribution in [-0.2, 0) is 9.59 Å². The Bertz CT molecular complexity index is 895. The third-order valence-corrected chi connectivity index (χ3v) is 4.61. The van der Waals surface area contributed by atoms with Crippen LogP contribution in [-0.4, -0.2) is 30.7 Å². The first-order valence-electron chi connectivity index (χ1n) is 8.49. The van der Waals surface area contributed by atoms with Crippen molar-refractivity contribution in [1.82, 2.24) is 5.32 Å². The largest absolute Gasteiger partial charge is 0.492 e. The number of amides is 2. The van der Waals surface area contributed by atoms with Crippen molar-refractivity contribution in [3.63, 3.8) is 0 Å². The Balaban J connectivity index is 1.72. The van der Waals surface area contributed by atoms with Crippen molar-refractivity contribution in [2.45, 2.75) is 19.9 Å². The Labute approximate surface area is 162 Å². The van der Waals surface area contributed by atoms with Crippen molar-refractivity contribution in [3.8, 4) is 5.75 Å². The van der Waals surface area contributed by atoms with Crippen LogP contribution >= 0.6 is 11.6 Å². The van der Waals surface area contributed by atoms with E-state index < -0.39 is 6.04 Å². The van der Waals surface area contributed by atoms with E-state index in [1.54, 1.807) is 42.5 Å². The highest BCUT2D eigenvalue weighted by atomic mass is 35.5. The van der Waals surface area contributed by atoms with Gasteiger partial charge in [-0.1, -0.05) is 23.7 Å². The van der Waals surface area contributed by atoms with Crippen molar-refractivity contribution in [2.75, 3.05) is 18.1 Å². The van der Waals surface area contributed by atoms with E-state index in [1.165, 1.54) is 18.7 Å². The molecule has 3 rings (SSSR count). The molecule has 0 aliphatic carbocycles. The molecule has 27 heavy (non-hydrogen) atoms. The van der Waals surface area contributed by atoms with Crippen molar-refractivity contribution in [3.05, 3.63) is 58.6 Å². The fraction of sp³-hybridized carbons (Fsp3) is 0.250. The number of halogens is 1. The average Bonchev–Trinajstić information content (AvgIpc) is 2.88. The van der Waals surface area contributed by atoms with Gasteiger partial charge < -0.3 is 15.0 Å². The van der Waals surface area contributed by atoms with Gasteiger partial charge in [0.15, 0.2) is 5.78 Å². The lowest BCUT2D eigenvalue weighted by atomic mass is 10.1. The number of rotatable bonds is 6. The molecule has 1 heterocycles. The van der Waals surface area contributed by atoms with Gasteiger partial charge in [-0.3, -0.25) is 14.4 Å². The number of carbonyl (C=O) groups is 3. The van der Waals surface area contributed by atoms with E-state index >= 15 is 0 Å². The Hall–Kier alpha value is -2.86. The second-order valence-corrected chi connectivity index (χ2v) is 6.64. The van der Waals surface area contributed by atoms with E-state index in [-0.39, 0.29) is 30.7 Å². The summed E-state index contributed by atoms with van der Waals surface area (Å²) in [5.41, 5.74) is 1.88. The molecular formula is C20H19ClN2O4. The fourth-order valence-corrected chi connectivity index (χ4v) is 3.34. The maximum atomic E-state index is 12.8. The maximum absolute atomic E-state index is 12.8. The Morgan fingerprint density at radius 2 is 1.85 bits per heavy atom. The predicted molar refractivity (Wildman–Crippen MR) is 102 cm³/mol. The van der Waals surface area contributed by atoms with Gasteiger partial charge in [-0.05, 0) is 37.3 Å². The molecule has 0 aromatic heterocycles. The van der Waals surface area contributed by atoms with E-state index in [0.29, 0.717) is 27.6 Å². The molecule has 1 aliphatic rings. The monoisotopic (exact) mass is 386 g/mol. The molecule has 1 unspecified atom stereocenters. The van der Waals surface area contributed by atoms with Crippen LogP contribution in [0.3, 0.4) is 0 Å². The van der Waals surface area contributed by atoms with Gasteiger partial charge in [-0.25, -0.2) is 0 Å². The van der Waals surface area contributed by atoms with Gasteiger partial charge in [0.1, 0.15) is 18.4 Å². The summed E-state index contributed by atoms with van der Waals surface area (Å²) in [5.74, 6) is 0.0516. The first-order valence-corrected chi connectivity index (χ1v) is 8.87. The molecule has 0 bridgehead atoms. The number of carbonyl (C=O) groups excluding carboxylic acids is 3. The van der Waals surface area contributed by atoms with Crippen LogP contribution in [0.4, 0.5) is 5.69 Å². The molecule has 1 aliphatic heterocycles. The molecule has 0 saturated carbocycles. The quantitative estimate of drug-likeness (QED) is 0.774. The zero-order chi connectivity index (χ0) is 19.6. The molecule has 2 aromatic carbocycles. The highest BCUT2D eigenvalue weighted by molar-refractivity contribution is 6.34. The number of nitrogens with one attached hydrogen (secondary N) is 1. The predicted octanol–water partition coefficient (Wildman–Crippen LogP) is 3.15. The van der Waals surface area contributed by atoms with Crippen LogP contribution in [0.2, 0.25) is 5.02 Å². The molecule has 2 amide bonds. The van der Waals surface area contributed by atoms with Gasteiger partial charge in [0.05, 0.1) is 17.3 Å². The lowest BCUT2D eigenvalue weighted by Crippen LogP contribution is -2.38. The summed E-state index contributed by atoms with van der Waals surface area (Å²) in [4.78, 5) is 37.1. The minimum atomic E-state index is -0.744. The second-order valence-electron chi connectivity index (χ2n) is 6.23. The number of ketones is 1. The maximum Gasteiger partial charge on any atom is 0.254 e. The summed E-state index contributed by atoms with van der Waals surface area (Å²) in [6, 6.07) is 11.3. The molecule has 2 aromatic rings. The third kappa shape index (κ3) is 3.95. The molecular weight excluding hydrogens is 368 g/mol. The van der Waals surface area contributed by atoms with Gasteiger partial charge >= 0.3 is 0 Å². The number of fused-ring (bicyclic) bond motifs is 1. The minimum absolute atomic E-state index is 0.0144. The number of nitrogens with zero attached hydrogens (tertiary/aromatic N) is 1. The number of hydrogen-bond donors (Lipinski definition) is 1. The zero-order valence-corrected chi connectivity index (χ0v) is 15.7. The van der Waals surface area contributed by atoms with Crippen LogP contribution in [0.25, 0.3) is 0 Å². The number of hydrogen-bond acceptors (Lipinski definition) is 4. The first-order chi connectivity index (χ1) is 12.9. The van der Waals surface area contributed by atoms with Gasteiger partial charge in [0, 0.05) is 18.1 Å². The summed E-state index contributed by atoms with van der Waals surface area (Å²) in [7, 11) is 0. The highest BCUT2D eigenvalue weighted by Crippen LogP contribution is 2.40. The first kappa shape index (κ1) is 18.9. The van der Waals surface area contributed by atoms with Crippen molar-refractivity contribution >= 4 is 34.9 Å². The van der Waals surface area contributed by atoms with E-state index in [1.807, 2.05) is 0 Å². The number of benzene rings is 2. The lowest BCUT2D eigenvalue weighted by molar-refractivity contribution is -0.126. The Morgan fingerprint density at radius 1 is 1.15 bits per heavy atom. The fourth-order valence-electron chi connectivity index (χ4n) is 3.05. The van der Waals surface area contributed by atoms with Gasteiger partial charge in [0.25, 0.3) is 5.91 Å². The minimum Gasteiger partial charge on any atom is -0.492 e. The van der Waals surface area contributed by atoms with E-state index in [0.717, 1.165) is 0 Å². The topological polar surface area (TPSA) is 75.7 Å². The summed E-state index contributed by atoms with van der Waals surface area (Å²) in [5, 5.41) is 3.11. The zero-order valence-electron chi connectivity index (χ0n) is 15.0. The van der Waals surface area contributed by atoms with E-state index in [2.05, 4.69) is 5.32 Å². The van der Waals surface area contributed by atoms with Crippen molar-refractivity contribution in [2.24, 2.45) is 0 Å². The standard InChI is InChI=1S/C20H19ClN2O4/c1-12(24)14-6-8-15(9-7-14)27-11-10-23-19-16(4-3-5-17(19)21)18(20(23)26)22-13(2)25/h3-9,18H,10-11H2,1-2H3,(H,22,25). The number of ether oxygens (including phenoxy) is 1. The van der Waals surface area contributed by atoms with Gasteiger partial charge in [0.2, 0.25) is 5.91 Å². The lowest BCUT2D eigenvalue weighted by Gasteiger charge is -2.19. The molecule has 0 fully saturated rings. The number of anilines is 1. The molecule has 7 heteroatoms. The molecule has 0 spiro atoms. The Morgan fingerprint density at radius 3 is 2.48 bits per heavy atom. The number of Topliss-reactive ketones (excluding diaryl/α,β-unsaturated/α-hetero) is 1. The van der Waals surface area contributed by atoms with Crippen LogP contribution in [0.1, 0.15) is 35.8 Å². The van der Waals surface area contributed by atoms with E-state index in [9.17, 15) is 14.4 Å². The summed E-state index contributed by atoms with van der Waals surface area (Å²) in [6.07, 6.45) is 0. The van der Waals surface area contributed by atoms with Crippen LogP contribution in [0, 0.1) is 0 Å². The van der Waals surface area contributed by atoms with Gasteiger partial charge in [-0.2, -0.15) is 0 Å². The highest BCUT2D eigenvalue weighted by Gasteiger charge is 2.38. The van der Waals surface area contributed by atoms with Gasteiger partial charge in [-0.15, -0.1) is 0 Å². The molecule has 0 radical (unpaired) electrons. The smallest absolute Gasteiger partial charge is 0.254 e. The average molecular weight is 387 g/mol. The van der Waals surface area contributed by atoms with Crippen molar-refractivity contribution < 1.29 is 19.1 Å². The molecule has 1 atom stereocenters. The molecule has 0 saturated heterocycles.